The minimum atomic E-state index is 0.0589. The number of hydrogen-bond acceptors (Lipinski definition) is 4. The molecule has 2 aliphatic heterocycles. The number of ether oxygens (including phenoxy) is 2. The van der Waals surface area contributed by atoms with Gasteiger partial charge in [-0.2, -0.15) is 0 Å². The van der Waals surface area contributed by atoms with Crippen molar-refractivity contribution in [2.45, 2.75) is 6.54 Å². The van der Waals surface area contributed by atoms with Crippen LogP contribution in [0.5, 0.6) is 11.5 Å². The first-order valence-corrected chi connectivity index (χ1v) is 9.65. The largest absolute Gasteiger partial charge is 0.454 e. The molecule has 1 amide bonds. The molecule has 1 fully saturated rings. The van der Waals surface area contributed by atoms with Crippen LogP contribution >= 0.6 is 0 Å². The van der Waals surface area contributed by atoms with Crippen molar-refractivity contribution in [1.82, 2.24) is 9.80 Å². The van der Waals surface area contributed by atoms with Crippen molar-refractivity contribution >= 4 is 16.7 Å². The number of piperazine rings is 1. The molecule has 2 aliphatic rings. The summed E-state index contributed by atoms with van der Waals surface area (Å²) in [7, 11) is 0. The second kappa shape index (κ2) is 7.17. The molecule has 5 heteroatoms. The van der Waals surface area contributed by atoms with Crippen LogP contribution in [0.25, 0.3) is 10.8 Å². The third-order valence-electron chi connectivity index (χ3n) is 5.50. The molecular formula is C23H22N2O3. The zero-order valence-corrected chi connectivity index (χ0v) is 15.6. The molecule has 0 bridgehead atoms. The van der Waals surface area contributed by atoms with Crippen molar-refractivity contribution in [3.63, 3.8) is 0 Å². The van der Waals surface area contributed by atoms with Gasteiger partial charge in [-0.3, -0.25) is 9.69 Å². The van der Waals surface area contributed by atoms with Crippen molar-refractivity contribution in [2.24, 2.45) is 0 Å². The van der Waals surface area contributed by atoms with Crippen molar-refractivity contribution in [3.05, 3.63) is 71.8 Å². The van der Waals surface area contributed by atoms with E-state index in [0.29, 0.717) is 17.1 Å². The molecule has 142 valence electrons. The molecule has 28 heavy (non-hydrogen) atoms. The average molecular weight is 374 g/mol. The number of benzene rings is 3. The maximum atomic E-state index is 12.8. The molecule has 3 aromatic carbocycles. The van der Waals surface area contributed by atoms with Crippen LogP contribution in [0.1, 0.15) is 15.9 Å². The molecule has 0 unspecified atom stereocenters. The van der Waals surface area contributed by atoms with E-state index in [4.69, 9.17) is 9.47 Å². The summed E-state index contributed by atoms with van der Waals surface area (Å²) in [5.41, 5.74) is 1.97. The lowest BCUT2D eigenvalue weighted by Crippen LogP contribution is -2.48. The SMILES string of the molecule is O=C(c1ccc2c(c1)OCO2)N1CCN(Cc2ccc3ccccc3c2)CC1. The number of carbonyl (C=O) groups is 1. The van der Waals surface area contributed by atoms with E-state index >= 15 is 0 Å². The maximum Gasteiger partial charge on any atom is 0.254 e. The van der Waals surface area contributed by atoms with Crippen LogP contribution in [0.2, 0.25) is 0 Å². The Bertz CT molecular complexity index is 1030. The Labute approximate surface area is 164 Å². The summed E-state index contributed by atoms with van der Waals surface area (Å²) in [6.07, 6.45) is 0. The summed E-state index contributed by atoms with van der Waals surface area (Å²) in [4.78, 5) is 17.2. The van der Waals surface area contributed by atoms with Gasteiger partial charge in [0, 0.05) is 38.3 Å². The van der Waals surface area contributed by atoms with Gasteiger partial charge in [0.25, 0.3) is 5.91 Å². The standard InChI is InChI=1S/C23H22N2O3/c26-23(20-7-8-21-22(14-20)28-16-27-21)25-11-9-24(10-12-25)15-17-5-6-18-3-1-2-4-19(18)13-17/h1-8,13-14H,9-12,15-16H2. The Morgan fingerprint density at radius 3 is 2.46 bits per heavy atom. The van der Waals surface area contributed by atoms with Crippen LogP contribution < -0.4 is 9.47 Å². The third-order valence-corrected chi connectivity index (χ3v) is 5.50. The summed E-state index contributed by atoms with van der Waals surface area (Å²) in [5.74, 6) is 1.42. The van der Waals surface area contributed by atoms with Crippen LogP contribution in [-0.4, -0.2) is 48.7 Å². The predicted molar refractivity (Wildman–Crippen MR) is 108 cm³/mol. The summed E-state index contributed by atoms with van der Waals surface area (Å²) in [6, 6.07) is 20.5. The molecule has 1 saturated heterocycles. The second-order valence-corrected chi connectivity index (χ2v) is 7.32. The summed E-state index contributed by atoms with van der Waals surface area (Å²) in [5, 5.41) is 2.54. The van der Waals surface area contributed by atoms with E-state index < -0.39 is 0 Å². The van der Waals surface area contributed by atoms with Crippen molar-refractivity contribution in [1.29, 1.82) is 0 Å². The fraction of sp³-hybridized carbons (Fsp3) is 0.261. The topological polar surface area (TPSA) is 42.0 Å². The quantitative estimate of drug-likeness (QED) is 0.703. The number of nitrogens with zero attached hydrogens (tertiary/aromatic N) is 2. The molecule has 0 aliphatic carbocycles. The first-order chi connectivity index (χ1) is 13.8. The molecule has 3 aromatic rings. The van der Waals surface area contributed by atoms with Gasteiger partial charge in [-0.05, 0) is 40.6 Å². The molecule has 0 spiro atoms. The molecule has 0 N–H and O–H groups in total. The third kappa shape index (κ3) is 3.29. The summed E-state index contributed by atoms with van der Waals surface area (Å²) >= 11 is 0. The van der Waals surface area contributed by atoms with Gasteiger partial charge in [-0.1, -0.05) is 36.4 Å². The molecule has 0 radical (unpaired) electrons. The Kier molecular flexibility index (Phi) is 4.37. The average Bonchev–Trinajstić information content (AvgIpc) is 3.21. The number of hydrogen-bond donors (Lipinski definition) is 0. The second-order valence-electron chi connectivity index (χ2n) is 7.32. The number of carbonyl (C=O) groups excluding carboxylic acids is 1. The van der Waals surface area contributed by atoms with Crippen LogP contribution in [0.4, 0.5) is 0 Å². The molecule has 0 atom stereocenters. The van der Waals surface area contributed by atoms with Gasteiger partial charge in [0.1, 0.15) is 0 Å². The predicted octanol–water partition coefficient (Wildman–Crippen LogP) is 3.53. The highest BCUT2D eigenvalue weighted by molar-refractivity contribution is 5.95. The number of fused-ring (bicyclic) bond motifs is 2. The van der Waals surface area contributed by atoms with Gasteiger partial charge in [0.15, 0.2) is 11.5 Å². The normalized spacial score (nSPS) is 16.5. The first kappa shape index (κ1) is 17.1. The Hall–Kier alpha value is -3.05. The molecule has 5 nitrogen and oxygen atoms in total. The maximum absolute atomic E-state index is 12.8. The van der Waals surface area contributed by atoms with E-state index in [9.17, 15) is 4.79 Å². The summed E-state index contributed by atoms with van der Waals surface area (Å²) in [6.45, 7) is 4.37. The van der Waals surface area contributed by atoms with Crippen molar-refractivity contribution < 1.29 is 14.3 Å². The van der Waals surface area contributed by atoms with Crippen molar-refractivity contribution in [3.8, 4) is 11.5 Å². The van der Waals surface area contributed by atoms with Gasteiger partial charge in [-0.15, -0.1) is 0 Å². The fourth-order valence-electron chi connectivity index (χ4n) is 3.92. The Morgan fingerprint density at radius 2 is 1.61 bits per heavy atom. The zero-order valence-electron chi connectivity index (χ0n) is 15.6. The summed E-state index contributed by atoms with van der Waals surface area (Å²) < 4.78 is 10.7. The molecule has 0 saturated carbocycles. The zero-order chi connectivity index (χ0) is 18.9. The van der Waals surface area contributed by atoms with Crippen LogP contribution in [0.3, 0.4) is 0 Å². The van der Waals surface area contributed by atoms with E-state index in [1.165, 1.54) is 16.3 Å². The van der Waals surface area contributed by atoms with Gasteiger partial charge < -0.3 is 14.4 Å². The Balaban J connectivity index is 1.21. The van der Waals surface area contributed by atoms with Crippen LogP contribution in [0, 0.1) is 0 Å². The fourth-order valence-corrected chi connectivity index (χ4v) is 3.92. The highest BCUT2D eigenvalue weighted by Crippen LogP contribution is 2.32. The van der Waals surface area contributed by atoms with E-state index in [-0.39, 0.29) is 12.7 Å². The van der Waals surface area contributed by atoms with Crippen LogP contribution in [-0.2, 0) is 6.54 Å². The lowest BCUT2D eigenvalue weighted by atomic mass is 10.1. The smallest absolute Gasteiger partial charge is 0.254 e. The molecule has 5 rings (SSSR count). The van der Waals surface area contributed by atoms with Gasteiger partial charge in [-0.25, -0.2) is 0 Å². The van der Waals surface area contributed by atoms with Crippen LogP contribution in [0.15, 0.2) is 60.7 Å². The first-order valence-electron chi connectivity index (χ1n) is 9.65. The molecular weight excluding hydrogens is 352 g/mol. The van der Waals surface area contributed by atoms with Gasteiger partial charge in [0.2, 0.25) is 6.79 Å². The van der Waals surface area contributed by atoms with Gasteiger partial charge >= 0.3 is 0 Å². The van der Waals surface area contributed by atoms with E-state index in [1.54, 1.807) is 6.07 Å². The van der Waals surface area contributed by atoms with E-state index in [0.717, 1.165) is 32.7 Å². The molecule has 0 aromatic heterocycles. The minimum Gasteiger partial charge on any atom is -0.454 e. The van der Waals surface area contributed by atoms with E-state index in [2.05, 4.69) is 47.4 Å². The van der Waals surface area contributed by atoms with Crippen molar-refractivity contribution in [2.75, 3.05) is 33.0 Å². The monoisotopic (exact) mass is 374 g/mol. The van der Waals surface area contributed by atoms with Gasteiger partial charge in [0.05, 0.1) is 0 Å². The molecule has 2 heterocycles. The highest BCUT2D eigenvalue weighted by Gasteiger charge is 2.24. The number of amides is 1. The number of rotatable bonds is 3. The minimum absolute atomic E-state index is 0.0589. The Morgan fingerprint density at radius 1 is 0.821 bits per heavy atom. The van der Waals surface area contributed by atoms with E-state index in [1.807, 2.05) is 17.0 Å². The lowest BCUT2D eigenvalue weighted by molar-refractivity contribution is 0.0628. The lowest BCUT2D eigenvalue weighted by Gasteiger charge is -2.34. The highest BCUT2D eigenvalue weighted by atomic mass is 16.7.